The fourth-order valence-corrected chi connectivity index (χ4v) is 7.20. The molecule has 36 heavy (non-hydrogen) atoms. The Kier molecular flexibility index (Phi) is 7.46. The Morgan fingerprint density at radius 1 is 0.694 bits per heavy atom. The van der Waals surface area contributed by atoms with Crippen molar-refractivity contribution in [2.75, 3.05) is 52.4 Å². The summed E-state index contributed by atoms with van der Waals surface area (Å²) in [4.78, 5) is 27.5. The molecule has 2 aliphatic rings. The molecule has 4 rings (SSSR count). The predicted molar refractivity (Wildman–Crippen MR) is 129 cm³/mol. The summed E-state index contributed by atoms with van der Waals surface area (Å²) in [5, 5.41) is 0. The van der Waals surface area contributed by atoms with E-state index in [1.807, 2.05) is 0 Å². The molecule has 2 aliphatic heterocycles. The molecule has 2 amide bonds. The van der Waals surface area contributed by atoms with Gasteiger partial charge in [-0.3, -0.25) is 9.59 Å². The molecule has 0 radical (unpaired) electrons. The van der Waals surface area contributed by atoms with Crippen molar-refractivity contribution in [2.45, 2.75) is 16.7 Å². The van der Waals surface area contributed by atoms with Crippen LogP contribution < -0.4 is 0 Å². The molecule has 0 atom stereocenters. The molecule has 0 aromatic heterocycles. The average molecular weight is 539 g/mol. The quantitative estimate of drug-likeness (QED) is 0.557. The first-order valence-corrected chi connectivity index (χ1v) is 14.3. The van der Waals surface area contributed by atoms with Gasteiger partial charge >= 0.3 is 0 Å². The number of hydrogen-bond acceptors (Lipinski definition) is 6. The van der Waals surface area contributed by atoms with Crippen molar-refractivity contribution in [3.05, 3.63) is 59.9 Å². The van der Waals surface area contributed by atoms with E-state index >= 15 is 0 Å². The molecule has 13 heteroatoms. The zero-order valence-corrected chi connectivity index (χ0v) is 21.3. The Morgan fingerprint density at radius 3 is 1.67 bits per heavy atom. The molecule has 2 aromatic carbocycles. The Bertz CT molecular complexity index is 1370. The molecule has 2 aromatic rings. The molecule has 0 spiro atoms. The fraction of sp³-hybridized carbons (Fsp3) is 0.391. The van der Waals surface area contributed by atoms with Gasteiger partial charge < -0.3 is 9.80 Å². The van der Waals surface area contributed by atoms with Gasteiger partial charge in [-0.2, -0.15) is 8.61 Å². The van der Waals surface area contributed by atoms with Gasteiger partial charge in [0.05, 0.1) is 9.79 Å². The second-order valence-corrected chi connectivity index (χ2v) is 12.5. The number of carbonyl (C=O) groups excluding carboxylic acids is 2. The van der Waals surface area contributed by atoms with Crippen molar-refractivity contribution in [3.8, 4) is 0 Å². The number of piperazine rings is 2. The van der Waals surface area contributed by atoms with E-state index in [2.05, 4.69) is 0 Å². The minimum atomic E-state index is -3.90. The molecular weight excluding hydrogens is 511 g/mol. The van der Waals surface area contributed by atoms with Gasteiger partial charge in [0.2, 0.25) is 26.0 Å². The van der Waals surface area contributed by atoms with Crippen molar-refractivity contribution in [1.82, 2.24) is 18.4 Å². The normalized spacial score (nSPS) is 18.3. The van der Waals surface area contributed by atoms with Crippen LogP contribution in [0.4, 0.5) is 4.39 Å². The van der Waals surface area contributed by atoms with Crippen LogP contribution in [-0.4, -0.2) is 99.4 Å². The van der Waals surface area contributed by atoms with Crippen LogP contribution in [-0.2, 0) is 24.8 Å². The third kappa shape index (κ3) is 5.28. The summed E-state index contributed by atoms with van der Waals surface area (Å²) in [5.41, 5.74) is 0.180. The van der Waals surface area contributed by atoms with Crippen LogP contribution in [0.1, 0.15) is 17.3 Å². The third-order valence-electron chi connectivity index (χ3n) is 6.36. The highest BCUT2D eigenvalue weighted by atomic mass is 32.2. The Balaban J connectivity index is 1.43. The smallest absolute Gasteiger partial charge is 0.253 e. The highest BCUT2D eigenvalue weighted by Gasteiger charge is 2.32. The highest BCUT2D eigenvalue weighted by molar-refractivity contribution is 7.89. The first kappa shape index (κ1) is 26.2. The fourth-order valence-electron chi connectivity index (χ4n) is 4.27. The van der Waals surface area contributed by atoms with Crippen LogP contribution in [0.5, 0.6) is 0 Å². The van der Waals surface area contributed by atoms with Crippen LogP contribution >= 0.6 is 0 Å². The number of amides is 2. The van der Waals surface area contributed by atoms with E-state index in [1.54, 1.807) is 4.90 Å². The van der Waals surface area contributed by atoms with Crippen molar-refractivity contribution in [2.24, 2.45) is 0 Å². The van der Waals surface area contributed by atoms with Gasteiger partial charge in [0.15, 0.2) is 0 Å². The average Bonchev–Trinajstić information content (AvgIpc) is 2.88. The molecule has 2 saturated heterocycles. The van der Waals surface area contributed by atoms with E-state index < -0.39 is 31.8 Å². The summed E-state index contributed by atoms with van der Waals surface area (Å²) in [6.07, 6.45) is 0. The number of nitrogens with zero attached hydrogens (tertiary/aromatic N) is 4. The summed E-state index contributed by atoms with van der Waals surface area (Å²) in [5.74, 6) is -1.17. The molecule has 2 fully saturated rings. The maximum Gasteiger partial charge on any atom is 0.253 e. The molecule has 194 valence electrons. The number of benzene rings is 2. The van der Waals surface area contributed by atoms with E-state index in [9.17, 15) is 30.8 Å². The second-order valence-electron chi connectivity index (χ2n) is 8.59. The summed E-state index contributed by atoms with van der Waals surface area (Å²) >= 11 is 0. The highest BCUT2D eigenvalue weighted by Crippen LogP contribution is 2.22. The molecule has 0 saturated carbocycles. The lowest BCUT2D eigenvalue weighted by atomic mass is 10.2. The van der Waals surface area contributed by atoms with E-state index in [0.717, 1.165) is 12.1 Å². The predicted octanol–water partition coefficient (Wildman–Crippen LogP) is 0.825. The van der Waals surface area contributed by atoms with Crippen molar-refractivity contribution < 1.29 is 30.8 Å². The SMILES string of the molecule is CC(=O)N1CCN(S(=O)(=O)c2cccc(C(=O)N3CCN(S(=O)(=O)c4cccc(F)c4)CC3)c2)CC1. The zero-order chi connectivity index (χ0) is 26.1. The molecule has 0 bridgehead atoms. The lowest BCUT2D eigenvalue weighted by Gasteiger charge is -2.34. The lowest BCUT2D eigenvalue weighted by Crippen LogP contribution is -2.50. The van der Waals surface area contributed by atoms with Gasteiger partial charge in [0, 0.05) is 64.8 Å². The standard InChI is InChI=1S/C23H27FN4O6S2/c1-18(29)25-8-12-27(13-9-25)35(31,32)21-6-2-4-19(16-21)23(30)26-10-14-28(15-11-26)36(33,34)22-7-3-5-20(24)17-22/h2-7,16-17H,8-15H2,1H3. The number of hydrogen-bond donors (Lipinski definition) is 0. The number of carbonyl (C=O) groups is 2. The number of sulfonamides is 2. The van der Waals surface area contributed by atoms with Gasteiger partial charge in [-0.1, -0.05) is 12.1 Å². The summed E-state index contributed by atoms with van der Waals surface area (Å²) < 4.78 is 67.9. The van der Waals surface area contributed by atoms with E-state index in [-0.39, 0.29) is 60.5 Å². The molecule has 2 heterocycles. The van der Waals surface area contributed by atoms with E-state index in [4.69, 9.17) is 0 Å². The zero-order valence-electron chi connectivity index (χ0n) is 19.7. The van der Waals surface area contributed by atoms with Gasteiger partial charge in [0.1, 0.15) is 5.82 Å². The minimum absolute atomic E-state index is 0.0167. The van der Waals surface area contributed by atoms with E-state index in [0.29, 0.717) is 13.1 Å². The van der Waals surface area contributed by atoms with Crippen LogP contribution in [0.25, 0.3) is 0 Å². The monoisotopic (exact) mass is 538 g/mol. The summed E-state index contributed by atoms with van der Waals surface area (Å²) in [6, 6.07) is 10.5. The van der Waals surface area contributed by atoms with Gasteiger partial charge in [0.25, 0.3) is 5.91 Å². The lowest BCUT2D eigenvalue weighted by molar-refractivity contribution is -0.129. The van der Waals surface area contributed by atoms with E-state index in [1.165, 1.54) is 56.8 Å². The molecule has 0 N–H and O–H groups in total. The number of halogens is 1. The van der Waals surface area contributed by atoms with Crippen molar-refractivity contribution in [3.63, 3.8) is 0 Å². The summed E-state index contributed by atoms with van der Waals surface area (Å²) in [7, 11) is -7.75. The number of rotatable bonds is 5. The topological polar surface area (TPSA) is 115 Å². The Morgan fingerprint density at radius 2 is 1.17 bits per heavy atom. The largest absolute Gasteiger partial charge is 0.340 e. The first-order valence-electron chi connectivity index (χ1n) is 11.4. The van der Waals surface area contributed by atoms with Crippen molar-refractivity contribution in [1.29, 1.82) is 0 Å². The first-order chi connectivity index (χ1) is 17.0. The molecule has 0 unspecified atom stereocenters. The molecule has 10 nitrogen and oxygen atoms in total. The van der Waals surface area contributed by atoms with Crippen LogP contribution in [0.2, 0.25) is 0 Å². The Hall–Kier alpha value is -2.87. The van der Waals surface area contributed by atoms with Gasteiger partial charge in [-0.15, -0.1) is 0 Å². The maximum atomic E-state index is 13.5. The summed E-state index contributed by atoms with van der Waals surface area (Å²) in [6.45, 7) is 2.66. The molecular formula is C23H27FN4O6S2. The minimum Gasteiger partial charge on any atom is -0.340 e. The van der Waals surface area contributed by atoms with Gasteiger partial charge in [-0.25, -0.2) is 21.2 Å². The second kappa shape index (κ2) is 10.2. The Labute approximate surface area is 210 Å². The third-order valence-corrected chi connectivity index (χ3v) is 10.2. The maximum absolute atomic E-state index is 13.5. The van der Waals surface area contributed by atoms with Gasteiger partial charge in [-0.05, 0) is 36.4 Å². The van der Waals surface area contributed by atoms with Crippen LogP contribution in [0.15, 0.2) is 58.3 Å². The van der Waals surface area contributed by atoms with Crippen LogP contribution in [0, 0.1) is 5.82 Å². The van der Waals surface area contributed by atoms with Crippen molar-refractivity contribution >= 4 is 31.9 Å². The van der Waals surface area contributed by atoms with Crippen LogP contribution in [0.3, 0.4) is 0 Å². The molecule has 0 aliphatic carbocycles.